The average Bonchev–Trinajstić information content (AvgIpc) is 2.32. The van der Waals surface area contributed by atoms with Crippen LogP contribution in [0.5, 0.6) is 0 Å². The molecule has 1 aromatic rings. The summed E-state index contributed by atoms with van der Waals surface area (Å²) in [4.78, 5) is 0. The van der Waals surface area contributed by atoms with Gasteiger partial charge in [-0.05, 0) is 47.5 Å². The van der Waals surface area contributed by atoms with E-state index in [1.165, 1.54) is 6.07 Å². The van der Waals surface area contributed by atoms with Crippen LogP contribution in [-0.2, 0) is 9.47 Å². The molecule has 1 saturated carbocycles. The molecule has 3 nitrogen and oxygen atoms in total. The van der Waals surface area contributed by atoms with Crippen LogP contribution in [0.2, 0.25) is 0 Å². The van der Waals surface area contributed by atoms with E-state index < -0.39 is 0 Å². The summed E-state index contributed by atoms with van der Waals surface area (Å²) >= 11 is 3.13. The molecule has 1 aromatic carbocycles. The second-order valence-corrected chi connectivity index (χ2v) is 5.16. The molecule has 2 rings (SSSR count). The summed E-state index contributed by atoms with van der Waals surface area (Å²) < 4.78 is 24.8. The maximum Gasteiger partial charge on any atom is 0.139 e. The van der Waals surface area contributed by atoms with Gasteiger partial charge < -0.3 is 14.8 Å². The Balaban J connectivity index is 1.96. The first-order valence-corrected chi connectivity index (χ1v) is 6.81. The van der Waals surface area contributed by atoms with Crippen LogP contribution in [0.25, 0.3) is 0 Å². The van der Waals surface area contributed by atoms with E-state index in [9.17, 15) is 4.39 Å². The number of anilines is 1. The lowest BCUT2D eigenvalue weighted by atomic mass is 9.85. The molecular formula is C13H17BrFNO2. The Kier molecular flexibility index (Phi) is 4.59. The summed E-state index contributed by atoms with van der Waals surface area (Å²) in [6.07, 6.45) is 1.04. The molecule has 0 radical (unpaired) electrons. The average molecular weight is 318 g/mol. The van der Waals surface area contributed by atoms with Crippen molar-refractivity contribution in [3.05, 3.63) is 28.5 Å². The number of ether oxygens (including phenoxy) is 2. The molecule has 0 bridgehead atoms. The van der Waals surface area contributed by atoms with Gasteiger partial charge >= 0.3 is 0 Å². The predicted octanol–water partition coefficient (Wildman–Crippen LogP) is 3.19. The fourth-order valence-electron chi connectivity index (χ4n) is 2.22. The monoisotopic (exact) mass is 317 g/mol. The molecule has 3 atom stereocenters. The first-order valence-electron chi connectivity index (χ1n) is 6.01. The first kappa shape index (κ1) is 13.8. The molecule has 0 spiro atoms. The molecule has 1 aliphatic rings. The van der Waals surface area contributed by atoms with Crippen molar-refractivity contribution in [1.29, 1.82) is 0 Å². The van der Waals surface area contributed by atoms with Gasteiger partial charge in [0.25, 0.3) is 0 Å². The summed E-state index contributed by atoms with van der Waals surface area (Å²) in [5, 5.41) is 3.27. The van der Waals surface area contributed by atoms with Gasteiger partial charge in [-0.25, -0.2) is 4.39 Å². The lowest BCUT2D eigenvalue weighted by Crippen LogP contribution is -2.56. The van der Waals surface area contributed by atoms with Crippen molar-refractivity contribution in [1.82, 2.24) is 0 Å². The van der Waals surface area contributed by atoms with Gasteiger partial charge in [-0.15, -0.1) is 0 Å². The van der Waals surface area contributed by atoms with Gasteiger partial charge in [-0.2, -0.15) is 0 Å². The number of hydrogen-bond donors (Lipinski definition) is 1. The zero-order valence-corrected chi connectivity index (χ0v) is 12.0. The molecule has 0 aliphatic heterocycles. The molecule has 0 heterocycles. The van der Waals surface area contributed by atoms with Gasteiger partial charge in [0.2, 0.25) is 0 Å². The summed E-state index contributed by atoms with van der Waals surface area (Å²) in [6.45, 7) is 2.65. The number of hydrogen-bond acceptors (Lipinski definition) is 3. The SMILES string of the molecule is CCOC1CC(Nc2ccc(Br)c(F)c2)C1OC. The van der Waals surface area contributed by atoms with Gasteiger partial charge in [-0.3, -0.25) is 0 Å². The molecule has 3 unspecified atom stereocenters. The van der Waals surface area contributed by atoms with E-state index in [2.05, 4.69) is 21.2 Å². The Morgan fingerprint density at radius 1 is 1.50 bits per heavy atom. The lowest BCUT2D eigenvalue weighted by Gasteiger charge is -2.43. The summed E-state index contributed by atoms with van der Waals surface area (Å²) in [5.41, 5.74) is 0.762. The van der Waals surface area contributed by atoms with Crippen molar-refractivity contribution >= 4 is 21.6 Å². The van der Waals surface area contributed by atoms with E-state index in [4.69, 9.17) is 9.47 Å². The molecule has 0 aromatic heterocycles. The Morgan fingerprint density at radius 3 is 2.89 bits per heavy atom. The van der Waals surface area contributed by atoms with E-state index in [0.29, 0.717) is 11.1 Å². The zero-order chi connectivity index (χ0) is 13.1. The molecule has 1 N–H and O–H groups in total. The van der Waals surface area contributed by atoms with E-state index >= 15 is 0 Å². The topological polar surface area (TPSA) is 30.5 Å². The predicted molar refractivity (Wildman–Crippen MR) is 72.3 cm³/mol. The van der Waals surface area contributed by atoms with Gasteiger partial charge in [0.05, 0.1) is 16.6 Å². The third-order valence-corrected chi connectivity index (χ3v) is 3.82. The van der Waals surface area contributed by atoms with Gasteiger partial charge in [-0.1, -0.05) is 0 Å². The number of nitrogens with one attached hydrogen (secondary N) is 1. The number of methoxy groups -OCH3 is 1. The highest BCUT2D eigenvalue weighted by Crippen LogP contribution is 2.30. The van der Waals surface area contributed by atoms with E-state index in [1.54, 1.807) is 13.2 Å². The minimum Gasteiger partial charge on any atom is -0.379 e. The van der Waals surface area contributed by atoms with E-state index in [1.807, 2.05) is 13.0 Å². The molecular weight excluding hydrogens is 301 g/mol. The standard InChI is InChI=1S/C13H17BrFNO2/c1-3-18-12-7-11(13(12)17-2)16-8-4-5-9(14)10(15)6-8/h4-6,11-13,16H,3,7H2,1-2H3. The summed E-state index contributed by atoms with van der Waals surface area (Å²) in [6, 6.07) is 5.18. The summed E-state index contributed by atoms with van der Waals surface area (Å²) in [5.74, 6) is -0.269. The van der Waals surface area contributed by atoms with E-state index in [0.717, 1.165) is 12.1 Å². The molecule has 5 heteroatoms. The van der Waals surface area contributed by atoms with Gasteiger partial charge in [0, 0.05) is 19.4 Å². The van der Waals surface area contributed by atoms with Crippen LogP contribution in [0.3, 0.4) is 0 Å². The van der Waals surface area contributed by atoms with Crippen molar-refractivity contribution < 1.29 is 13.9 Å². The Labute approximate surface area is 115 Å². The minimum absolute atomic E-state index is 0.0247. The van der Waals surface area contributed by atoms with E-state index in [-0.39, 0.29) is 24.1 Å². The summed E-state index contributed by atoms with van der Waals surface area (Å²) in [7, 11) is 1.67. The lowest BCUT2D eigenvalue weighted by molar-refractivity contribution is -0.118. The minimum atomic E-state index is -0.269. The molecule has 18 heavy (non-hydrogen) atoms. The van der Waals surface area contributed by atoms with Crippen molar-refractivity contribution in [2.24, 2.45) is 0 Å². The van der Waals surface area contributed by atoms with Crippen LogP contribution in [-0.4, -0.2) is 32.0 Å². The molecule has 0 amide bonds. The Hall–Kier alpha value is -0.650. The Morgan fingerprint density at radius 2 is 2.28 bits per heavy atom. The number of benzene rings is 1. The number of halogens is 2. The van der Waals surface area contributed by atoms with Crippen LogP contribution < -0.4 is 5.32 Å². The zero-order valence-electron chi connectivity index (χ0n) is 10.5. The fourth-order valence-corrected chi connectivity index (χ4v) is 2.46. The number of rotatable bonds is 5. The van der Waals surface area contributed by atoms with Gasteiger partial charge in [0.15, 0.2) is 0 Å². The molecule has 100 valence electrons. The maximum atomic E-state index is 13.4. The highest BCUT2D eigenvalue weighted by Gasteiger charge is 2.42. The van der Waals surface area contributed by atoms with Crippen LogP contribution in [0.4, 0.5) is 10.1 Å². The fraction of sp³-hybridized carbons (Fsp3) is 0.538. The molecule has 0 saturated heterocycles. The van der Waals surface area contributed by atoms with Crippen LogP contribution in [0, 0.1) is 5.82 Å². The Bertz CT molecular complexity index is 416. The smallest absolute Gasteiger partial charge is 0.139 e. The normalized spacial score (nSPS) is 26.8. The van der Waals surface area contributed by atoms with Crippen molar-refractivity contribution in [3.63, 3.8) is 0 Å². The molecule has 1 aliphatic carbocycles. The highest BCUT2D eigenvalue weighted by atomic mass is 79.9. The largest absolute Gasteiger partial charge is 0.379 e. The van der Waals surface area contributed by atoms with Crippen LogP contribution in [0.1, 0.15) is 13.3 Å². The second-order valence-electron chi connectivity index (χ2n) is 4.31. The first-order chi connectivity index (χ1) is 8.65. The second kappa shape index (κ2) is 5.99. The molecule has 1 fully saturated rings. The van der Waals surface area contributed by atoms with Crippen LogP contribution >= 0.6 is 15.9 Å². The van der Waals surface area contributed by atoms with Gasteiger partial charge in [0.1, 0.15) is 11.9 Å². The third kappa shape index (κ3) is 2.84. The van der Waals surface area contributed by atoms with Crippen LogP contribution in [0.15, 0.2) is 22.7 Å². The van der Waals surface area contributed by atoms with Crippen molar-refractivity contribution in [3.8, 4) is 0 Å². The highest BCUT2D eigenvalue weighted by molar-refractivity contribution is 9.10. The quantitative estimate of drug-likeness (QED) is 0.904. The van der Waals surface area contributed by atoms with Crippen molar-refractivity contribution in [2.45, 2.75) is 31.6 Å². The third-order valence-electron chi connectivity index (χ3n) is 3.17. The van der Waals surface area contributed by atoms with Crippen molar-refractivity contribution in [2.75, 3.05) is 19.0 Å². The maximum absolute atomic E-state index is 13.4.